The molecule has 4 nitrogen and oxygen atoms in total. The number of nitrogens with zero attached hydrogens (tertiary/aromatic N) is 1. The summed E-state index contributed by atoms with van der Waals surface area (Å²) in [6.07, 6.45) is -4.75. The van der Waals surface area contributed by atoms with Crippen molar-refractivity contribution in [2.45, 2.75) is 25.9 Å². The molecule has 0 aliphatic heterocycles. The minimum atomic E-state index is -4.75. The standard InChI is InChI=1S/C12H13BrF3NO3/c1-7(11(18)19)17(2)6-8-3-4-10(9(13)5-8)20-12(14,15)16/h3-5,7H,6H2,1-2H3,(H,18,19). The maximum Gasteiger partial charge on any atom is 0.573 e. The van der Waals surface area contributed by atoms with Gasteiger partial charge in [0.25, 0.3) is 0 Å². The van der Waals surface area contributed by atoms with E-state index in [4.69, 9.17) is 5.11 Å². The number of carbonyl (C=O) groups is 1. The predicted octanol–water partition coefficient (Wildman–Crippen LogP) is 3.25. The van der Waals surface area contributed by atoms with Gasteiger partial charge in [0, 0.05) is 6.54 Å². The van der Waals surface area contributed by atoms with Crippen LogP contribution in [0.3, 0.4) is 0 Å². The molecule has 0 saturated carbocycles. The van der Waals surface area contributed by atoms with Crippen molar-refractivity contribution in [3.05, 3.63) is 28.2 Å². The lowest BCUT2D eigenvalue weighted by atomic mass is 10.2. The molecule has 0 aliphatic carbocycles. The first-order chi connectivity index (χ1) is 9.10. The largest absolute Gasteiger partial charge is 0.573 e. The van der Waals surface area contributed by atoms with Crippen LogP contribution < -0.4 is 4.74 Å². The second-order valence-corrected chi connectivity index (χ2v) is 5.10. The third-order valence-electron chi connectivity index (χ3n) is 2.67. The molecule has 0 aliphatic rings. The van der Waals surface area contributed by atoms with E-state index >= 15 is 0 Å². The minimum Gasteiger partial charge on any atom is -0.480 e. The van der Waals surface area contributed by atoms with Crippen LogP contribution in [0.5, 0.6) is 5.75 Å². The average molecular weight is 356 g/mol. The molecule has 0 radical (unpaired) electrons. The second kappa shape index (κ2) is 6.45. The van der Waals surface area contributed by atoms with Gasteiger partial charge in [0.15, 0.2) is 0 Å². The van der Waals surface area contributed by atoms with Crippen LogP contribution in [0, 0.1) is 0 Å². The molecule has 20 heavy (non-hydrogen) atoms. The molecular weight excluding hydrogens is 343 g/mol. The van der Waals surface area contributed by atoms with Gasteiger partial charge >= 0.3 is 12.3 Å². The van der Waals surface area contributed by atoms with E-state index in [1.807, 2.05) is 0 Å². The van der Waals surface area contributed by atoms with Crippen molar-refractivity contribution in [2.75, 3.05) is 7.05 Å². The van der Waals surface area contributed by atoms with Gasteiger partial charge in [-0.25, -0.2) is 0 Å². The molecule has 0 aromatic heterocycles. The van der Waals surface area contributed by atoms with E-state index in [0.717, 1.165) is 0 Å². The summed E-state index contributed by atoms with van der Waals surface area (Å²) < 4.78 is 40.3. The van der Waals surface area contributed by atoms with Crippen LogP contribution in [0.25, 0.3) is 0 Å². The summed E-state index contributed by atoms with van der Waals surface area (Å²) in [4.78, 5) is 12.4. The minimum absolute atomic E-state index is 0.156. The van der Waals surface area contributed by atoms with Crippen LogP contribution in [0.1, 0.15) is 12.5 Å². The molecule has 1 aromatic carbocycles. The van der Waals surface area contributed by atoms with Gasteiger partial charge in [-0.05, 0) is 47.6 Å². The first kappa shape index (κ1) is 16.8. The van der Waals surface area contributed by atoms with Crippen LogP contribution >= 0.6 is 15.9 Å². The van der Waals surface area contributed by atoms with Gasteiger partial charge in [0.1, 0.15) is 11.8 Å². The molecule has 1 unspecified atom stereocenters. The maximum atomic E-state index is 12.1. The first-order valence-electron chi connectivity index (χ1n) is 5.57. The Bertz CT molecular complexity index is 493. The number of hydrogen-bond acceptors (Lipinski definition) is 3. The lowest BCUT2D eigenvalue weighted by Crippen LogP contribution is -2.35. The highest BCUT2D eigenvalue weighted by Crippen LogP contribution is 2.31. The monoisotopic (exact) mass is 355 g/mol. The number of hydrogen-bond donors (Lipinski definition) is 1. The van der Waals surface area contributed by atoms with Crippen molar-refractivity contribution in [3.63, 3.8) is 0 Å². The molecule has 8 heteroatoms. The second-order valence-electron chi connectivity index (χ2n) is 4.24. The third-order valence-corrected chi connectivity index (χ3v) is 3.29. The fourth-order valence-corrected chi connectivity index (χ4v) is 1.97. The SMILES string of the molecule is CC(C(=O)O)N(C)Cc1ccc(OC(F)(F)F)c(Br)c1. The van der Waals surface area contributed by atoms with E-state index < -0.39 is 18.4 Å². The highest BCUT2D eigenvalue weighted by Gasteiger charge is 2.32. The molecule has 1 aromatic rings. The summed E-state index contributed by atoms with van der Waals surface area (Å²) in [7, 11) is 1.62. The molecule has 0 bridgehead atoms. The summed E-state index contributed by atoms with van der Waals surface area (Å²) in [6, 6.07) is 3.41. The fraction of sp³-hybridized carbons (Fsp3) is 0.417. The van der Waals surface area contributed by atoms with Crippen molar-refractivity contribution >= 4 is 21.9 Å². The zero-order valence-electron chi connectivity index (χ0n) is 10.7. The first-order valence-corrected chi connectivity index (χ1v) is 6.36. The number of carboxylic acid groups (broad SMARTS) is 1. The smallest absolute Gasteiger partial charge is 0.480 e. The number of rotatable bonds is 5. The van der Waals surface area contributed by atoms with Crippen molar-refractivity contribution in [2.24, 2.45) is 0 Å². The van der Waals surface area contributed by atoms with E-state index in [9.17, 15) is 18.0 Å². The Kier molecular flexibility index (Phi) is 5.41. The normalized spacial score (nSPS) is 13.3. The topological polar surface area (TPSA) is 49.8 Å². The van der Waals surface area contributed by atoms with E-state index in [1.54, 1.807) is 11.9 Å². The Morgan fingerprint density at radius 2 is 2.10 bits per heavy atom. The van der Waals surface area contributed by atoms with Crippen molar-refractivity contribution in [1.29, 1.82) is 0 Å². The van der Waals surface area contributed by atoms with E-state index in [-0.39, 0.29) is 10.2 Å². The Morgan fingerprint density at radius 3 is 2.55 bits per heavy atom. The zero-order valence-corrected chi connectivity index (χ0v) is 12.3. The van der Waals surface area contributed by atoms with Gasteiger partial charge in [-0.3, -0.25) is 9.69 Å². The zero-order chi connectivity index (χ0) is 15.5. The quantitative estimate of drug-likeness (QED) is 0.880. The number of aliphatic carboxylic acids is 1. The predicted molar refractivity (Wildman–Crippen MR) is 69.4 cm³/mol. The molecule has 0 fully saturated rings. The highest BCUT2D eigenvalue weighted by molar-refractivity contribution is 9.10. The van der Waals surface area contributed by atoms with Crippen molar-refractivity contribution in [3.8, 4) is 5.75 Å². The molecule has 112 valence electrons. The average Bonchev–Trinajstić information content (AvgIpc) is 2.30. The Morgan fingerprint density at radius 1 is 1.50 bits per heavy atom. The highest BCUT2D eigenvalue weighted by atomic mass is 79.9. The number of benzene rings is 1. The summed E-state index contributed by atoms with van der Waals surface area (Å²) in [6.45, 7) is 1.82. The number of ether oxygens (including phenoxy) is 1. The number of likely N-dealkylation sites (N-methyl/N-ethyl adjacent to an activating group) is 1. The van der Waals surface area contributed by atoms with Gasteiger partial charge in [0.2, 0.25) is 0 Å². The van der Waals surface area contributed by atoms with Gasteiger partial charge in [-0.1, -0.05) is 6.07 Å². The molecule has 0 heterocycles. The van der Waals surface area contributed by atoms with Crippen molar-refractivity contribution in [1.82, 2.24) is 4.90 Å². The van der Waals surface area contributed by atoms with E-state index in [1.165, 1.54) is 25.1 Å². The van der Waals surface area contributed by atoms with Crippen LogP contribution in [0.15, 0.2) is 22.7 Å². The van der Waals surface area contributed by atoms with Crippen LogP contribution in [-0.4, -0.2) is 35.4 Å². The lowest BCUT2D eigenvalue weighted by molar-refractivity contribution is -0.274. The molecule has 1 rings (SSSR count). The number of carboxylic acids is 1. The molecule has 1 atom stereocenters. The molecule has 0 spiro atoms. The third kappa shape index (κ3) is 5.01. The number of halogens is 4. The molecule has 0 saturated heterocycles. The summed E-state index contributed by atoms with van der Waals surface area (Å²) in [5, 5.41) is 8.86. The fourth-order valence-electron chi connectivity index (χ4n) is 1.46. The van der Waals surface area contributed by atoms with Gasteiger partial charge in [0.05, 0.1) is 4.47 Å². The Labute approximate surface area is 122 Å². The van der Waals surface area contributed by atoms with E-state index in [2.05, 4.69) is 20.7 Å². The van der Waals surface area contributed by atoms with Crippen LogP contribution in [0.4, 0.5) is 13.2 Å². The Hall–Kier alpha value is -1.28. The van der Waals surface area contributed by atoms with Gasteiger partial charge in [-0.15, -0.1) is 13.2 Å². The van der Waals surface area contributed by atoms with Gasteiger partial charge in [-0.2, -0.15) is 0 Å². The summed E-state index contributed by atoms with van der Waals surface area (Å²) in [5.74, 6) is -1.31. The summed E-state index contributed by atoms with van der Waals surface area (Å²) in [5.41, 5.74) is 0.669. The Balaban J connectivity index is 2.80. The van der Waals surface area contributed by atoms with E-state index in [0.29, 0.717) is 12.1 Å². The van der Waals surface area contributed by atoms with Crippen LogP contribution in [-0.2, 0) is 11.3 Å². The van der Waals surface area contributed by atoms with Crippen molar-refractivity contribution < 1.29 is 27.8 Å². The molecule has 1 N–H and O–H groups in total. The maximum absolute atomic E-state index is 12.1. The van der Waals surface area contributed by atoms with Gasteiger partial charge < -0.3 is 9.84 Å². The number of alkyl halides is 3. The molecule has 0 amide bonds. The lowest BCUT2D eigenvalue weighted by Gasteiger charge is -2.21. The van der Waals surface area contributed by atoms with Crippen LogP contribution in [0.2, 0.25) is 0 Å². The molecular formula is C12H13BrF3NO3. The summed E-state index contributed by atoms with van der Waals surface area (Å²) >= 11 is 3.00.